The number of hydrogen-bond acceptors (Lipinski definition) is 2. The number of carbonyl (C=O) groups is 1. The highest BCUT2D eigenvalue weighted by atomic mass is 16.5. The van der Waals surface area contributed by atoms with E-state index < -0.39 is 0 Å². The molecule has 1 fully saturated rings. The minimum absolute atomic E-state index is 0.131. The third kappa shape index (κ3) is 3.41. The van der Waals surface area contributed by atoms with Crippen molar-refractivity contribution >= 4 is 5.91 Å². The summed E-state index contributed by atoms with van der Waals surface area (Å²) in [5.74, 6) is 1.52. The monoisotopic (exact) mass is 335 g/mol. The highest BCUT2D eigenvalue weighted by Crippen LogP contribution is 2.33. The van der Waals surface area contributed by atoms with Crippen LogP contribution in [0.3, 0.4) is 0 Å². The zero-order valence-corrected chi connectivity index (χ0v) is 14.9. The van der Waals surface area contributed by atoms with Gasteiger partial charge in [-0.05, 0) is 41.5 Å². The fraction of sp³-hybridized carbons (Fsp3) is 0.409. The first-order valence-corrected chi connectivity index (χ1v) is 9.25. The Kier molecular flexibility index (Phi) is 4.24. The van der Waals surface area contributed by atoms with Crippen molar-refractivity contribution in [2.45, 2.75) is 57.7 Å². The lowest BCUT2D eigenvalue weighted by Gasteiger charge is -2.25. The Labute approximate surface area is 149 Å². The molecule has 0 spiro atoms. The molecule has 1 atom stereocenters. The van der Waals surface area contributed by atoms with Crippen molar-refractivity contribution in [1.82, 2.24) is 4.90 Å². The molecule has 0 aromatic heterocycles. The highest BCUT2D eigenvalue weighted by Gasteiger charge is 2.39. The summed E-state index contributed by atoms with van der Waals surface area (Å²) < 4.78 is 5.92. The van der Waals surface area contributed by atoms with Gasteiger partial charge in [-0.25, -0.2) is 0 Å². The molecule has 25 heavy (non-hydrogen) atoms. The van der Waals surface area contributed by atoms with Gasteiger partial charge in [0.15, 0.2) is 6.10 Å². The first-order valence-electron chi connectivity index (χ1n) is 9.25. The second kappa shape index (κ2) is 6.55. The Morgan fingerprint density at radius 2 is 1.84 bits per heavy atom. The first kappa shape index (κ1) is 16.2. The van der Waals surface area contributed by atoms with Crippen molar-refractivity contribution in [2.75, 3.05) is 0 Å². The highest BCUT2D eigenvalue weighted by molar-refractivity contribution is 5.83. The van der Waals surface area contributed by atoms with Crippen LogP contribution >= 0.6 is 0 Å². The normalized spacial score (nSPS) is 18.8. The van der Waals surface area contributed by atoms with E-state index in [2.05, 4.69) is 44.2 Å². The molecule has 1 heterocycles. The van der Waals surface area contributed by atoms with Gasteiger partial charge in [0.1, 0.15) is 5.75 Å². The number of carbonyl (C=O) groups excluding carboxylic acids is 1. The van der Waals surface area contributed by atoms with Crippen LogP contribution in [0.4, 0.5) is 0 Å². The number of benzene rings is 2. The first-order chi connectivity index (χ1) is 12.1. The standard InChI is InChI=1S/C22H25NO2/c1-15(2)17-9-7-16(8-10-17)14-23(19-11-12-19)22(24)21-13-18-5-3-4-6-20(18)25-21/h3-10,15,19,21H,11-14H2,1-2H3/t21-/m0/s1. The smallest absolute Gasteiger partial charge is 0.264 e. The molecule has 1 amide bonds. The lowest BCUT2D eigenvalue weighted by molar-refractivity contribution is -0.139. The van der Waals surface area contributed by atoms with Crippen molar-refractivity contribution in [3.63, 3.8) is 0 Å². The van der Waals surface area contributed by atoms with Crippen LogP contribution in [0.15, 0.2) is 48.5 Å². The van der Waals surface area contributed by atoms with Crippen molar-refractivity contribution in [3.05, 3.63) is 65.2 Å². The zero-order chi connectivity index (χ0) is 17.4. The minimum Gasteiger partial charge on any atom is -0.480 e. The Morgan fingerprint density at radius 1 is 1.12 bits per heavy atom. The molecule has 2 aliphatic rings. The van der Waals surface area contributed by atoms with E-state index in [0.717, 1.165) is 24.2 Å². The van der Waals surface area contributed by atoms with Crippen molar-refractivity contribution < 1.29 is 9.53 Å². The van der Waals surface area contributed by atoms with Gasteiger partial charge in [0.25, 0.3) is 5.91 Å². The van der Waals surface area contributed by atoms with E-state index in [-0.39, 0.29) is 12.0 Å². The van der Waals surface area contributed by atoms with Crippen molar-refractivity contribution in [3.8, 4) is 5.75 Å². The summed E-state index contributed by atoms with van der Waals surface area (Å²) >= 11 is 0. The summed E-state index contributed by atoms with van der Waals surface area (Å²) in [7, 11) is 0. The lowest BCUT2D eigenvalue weighted by atomic mass is 10.0. The van der Waals surface area contributed by atoms with Gasteiger partial charge in [-0.2, -0.15) is 0 Å². The zero-order valence-electron chi connectivity index (χ0n) is 14.9. The van der Waals surface area contributed by atoms with E-state index in [0.29, 0.717) is 24.9 Å². The van der Waals surface area contributed by atoms with Gasteiger partial charge in [0, 0.05) is 19.0 Å². The third-order valence-electron chi connectivity index (χ3n) is 5.19. The molecule has 1 aliphatic carbocycles. The maximum atomic E-state index is 13.1. The number of amides is 1. The quantitative estimate of drug-likeness (QED) is 0.815. The molecule has 0 unspecified atom stereocenters. The number of ether oxygens (including phenoxy) is 1. The topological polar surface area (TPSA) is 29.5 Å². The van der Waals surface area contributed by atoms with Crippen LogP contribution in [0, 0.1) is 0 Å². The Morgan fingerprint density at radius 3 is 2.48 bits per heavy atom. The Bertz CT molecular complexity index is 737. The Hall–Kier alpha value is -2.29. The molecule has 2 aromatic carbocycles. The summed E-state index contributed by atoms with van der Waals surface area (Å²) in [6.07, 6.45) is 2.53. The Balaban J connectivity index is 1.47. The molecule has 4 rings (SSSR count). The summed E-state index contributed by atoms with van der Waals surface area (Å²) in [6, 6.07) is 17.0. The molecule has 0 saturated heterocycles. The van der Waals surface area contributed by atoms with Crippen LogP contribution in [0.2, 0.25) is 0 Å². The van der Waals surface area contributed by atoms with Gasteiger partial charge < -0.3 is 9.64 Å². The average Bonchev–Trinajstić information content (AvgIpc) is 3.37. The molecular formula is C22H25NO2. The number of nitrogens with zero attached hydrogens (tertiary/aromatic N) is 1. The summed E-state index contributed by atoms with van der Waals surface area (Å²) in [4.78, 5) is 15.1. The van der Waals surface area contributed by atoms with E-state index in [1.54, 1.807) is 0 Å². The van der Waals surface area contributed by atoms with E-state index in [1.165, 1.54) is 11.1 Å². The fourth-order valence-electron chi connectivity index (χ4n) is 3.48. The maximum absolute atomic E-state index is 13.1. The van der Waals surface area contributed by atoms with Crippen LogP contribution in [0.5, 0.6) is 5.75 Å². The van der Waals surface area contributed by atoms with Crippen LogP contribution in [0.25, 0.3) is 0 Å². The summed E-state index contributed by atoms with van der Waals surface area (Å²) in [6.45, 7) is 5.08. The molecule has 0 radical (unpaired) electrons. The molecule has 0 N–H and O–H groups in total. The third-order valence-corrected chi connectivity index (χ3v) is 5.19. The van der Waals surface area contributed by atoms with Crippen molar-refractivity contribution in [2.24, 2.45) is 0 Å². The fourth-order valence-corrected chi connectivity index (χ4v) is 3.48. The summed E-state index contributed by atoms with van der Waals surface area (Å²) in [5.41, 5.74) is 3.67. The predicted octanol–water partition coefficient (Wildman–Crippen LogP) is 4.30. The van der Waals surface area contributed by atoms with Crippen LogP contribution in [-0.2, 0) is 17.8 Å². The number of fused-ring (bicyclic) bond motifs is 1. The lowest BCUT2D eigenvalue weighted by Crippen LogP contribution is -2.42. The molecule has 2 aromatic rings. The number of hydrogen-bond donors (Lipinski definition) is 0. The van der Waals surface area contributed by atoms with E-state index in [9.17, 15) is 4.79 Å². The van der Waals surface area contributed by atoms with E-state index in [1.807, 2.05) is 23.1 Å². The molecule has 3 heteroatoms. The predicted molar refractivity (Wildman–Crippen MR) is 98.7 cm³/mol. The molecule has 3 nitrogen and oxygen atoms in total. The number of rotatable bonds is 5. The van der Waals surface area contributed by atoms with E-state index >= 15 is 0 Å². The summed E-state index contributed by atoms with van der Waals surface area (Å²) in [5, 5.41) is 0. The molecule has 130 valence electrons. The second-order valence-electron chi connectivity index (χ2n) is 7.51. The van der Waals surface area contributed by atoms with E-state index in [4.69, 9.17) is 4.74 Å². The largest absolute Gasteiger partial charge is 0.480 e. The van der Waals surface area contributed by atoms with Crippen LogP contribution in [-0.4, -0.2) is 23.0 Å². The van der Waals surface area contributed by atoms with Gasteiger partial charge in [0.05, 0.1) is 0 Å². The van der Waals surface area contributed by atoms with Gasteiger partial charge in [-0.15, -0.1) is 0 Å². The maximum Gasteiger partial charge on any atom is 0.264 e. The average molecular weight is 335 g/mol. The molecule has 1 aliphatic heterocycles. The molecule has 1 saturated carbocycles. The molecular weight excluding hydrogens is 310 g/mol. The minimum atomic E-state index is -0.368. The molecule has 0 bridgehead atoms. The SMILES string of the molecule is CC(C)c1ccc(CN(C(=O)[C@@H]2Cc3ccccc3O2)C2CC2)cc1. The van der Waals surface area contributed by atoms with Gasteiger partial charge in [-0.3, -0.25) is 4.79 Å². The van der Waals surface area contributed by atoms with Crippen LogP contribution in [0.1, 0.15) is 49.3 Å². The van der Waals surface area contributed by atoms with Crippen molar-refractivity contribution in [1.29, 1.82) is 0 Å². The van der Waals surface area contributed by atoms with Crippen LogP contribution < -0.4 is 4.74 Å². The van der Waals surface area contributed by atoms with Gasteiger partial charge in [-0.1, -0.05) is 56.3 Å². The second-order valence-corrected chi connectivity index (χ2v) is 7.51. The number of para-hydroxylation sites is 1. The van der Waals surface area contributed by atoms with Gasteiger partial charge >= 0.3 is 0 Å². The van der Waals surface area contributed by atoms with Gasteiger partial charge in [0.2, 0.25) is 0 Å².